The molecule has 40 heavy (non-hydrogen) atoms. The van der Waals surface area contributed by atoms with Crippen LogP contribution in [0.4, 0.5) is 0 Å². The largest absolute Gasteiger partial charge is 0.508 e. The molecule has 5 rings (SSSR count). The average molecular weight is 561 g/mol. The van der Waals surface area contributed by atoms with Gasteiger partial charge in [-0.15, -0.1) is 0 Å². The second-order valence-corrected chi connectivity index (χ2v) is 14.0. The molecule has 0 spiro atoms. The lowest BCUT2D eigenvalue weighted by atomic mass is 9.48. The third kappa shape index (κ3) is 4.61. The first-order chi connectivity index (χ1) is 18.7. The van der Waals surface area contributed by atoms with Crippen molar-refractivity contribution in [3.63, 3.8) is 0 Å². The first-order valence-electron chi connectivity index (χ1n) is 14.7. The minimum atomic E-state index is -2.27. The van der Waals surface area contributed by atoms with Crippen molar-refractivity contribution in [2.45, 2.75) is 96.1 Å². The van der Waals surface area contributed by atoms with E-state index < -0.39 is 70.1 Å². The van der Waals surface area contributed by atoms with Crippen LogP contribution in [0, 0.1) is 46.8 Å². The summed E-state index contributed by atoms with van der Waals surface area (Å²) in [5, 5.41) is 59.6. The number of carbonyl (C=O) groups is 3. The lowest BCUT2D eigenvalue weighted by Crippen LogP contribution is -2.67. The van der Waals surface area contributed by atoms with E-state index in [1.807, 2.05) is 20.8 Å². The second kappa shape index (κ2) is 10.2. The van der Waals surface area contributed by atoms with Crippen LogP contribution in [-0.4, -0.2) is 67.0 Å². The number of allylic oxidation sites excluding steroid dienone is 2. The van der Waals surface area contributed by atoms with Crippen LogP contribution in [0.1, 0.15) is 72.1 Å². The number of aliphatic hydroxyl groups is 5. The van der Waals surface area contributed by atoms with Gasteiger partial charge in [-0.3, -0.25) is 14.4 Å². The Morgan fingerprint density at radius 3 is 2.33 bits per heavy atom. The lowest BCUT2D eigenvalue weighted by Gasteiger charge is -2.60. The van der Waals surface area contributed by atoms with Crippen LogP contribution in [0.25, 0.3) is 0 Å². The summed E-state index contributed by atoms with van der Waals surface area (Å²) in [6, 6.07) is 0. The van der Waals surface area contributed by atoms with E-state index in [4.69, 9.17) is 5.73 Å². The van der Waals surface area contributed by atoms with E-state index in [9.17, 15) is 39.9 Å². The standard InChI is InChI=1S/C30H44N2O8/c1-29(2,3)28(39)32-16-6-4-13(5-7-16)17-8-9-19(33)22-18(17)11-14-10-15-12-20(34)23(27(31)38)26(37)30(15,40)25(36)21(14)24(22)35/h6,13-15,17-19,21-22,24-25,33,35-37,40H,4-5,7-12H2,1-3H3,(H2,31,38)(H,32,39)/t13?,14-,15+,17?,18?,19?,21?,22?,24?,25?,30+/m1/s1. The monoisotopic (exact) mass is 560 g/mol. The highest BCUT2D eigenvalue weighted by atomic mass is 16.4. The third-order valence-electron chi connectivity index (χ3n) is 10.8. The van der Waals surface area contributed by atoms with Crippen LogP contribution in [-0.2, 0) is 14.4 Å². The molecule has 0 saturated heterocycles. The van der Waals surface area contributed by atoms with E-state index in [0.717, 1.165) is 31.4 Å². The number of Topliss-reactive ketones (excluding diaryl/α,β-unsaturated/α-hetero) is 1. The molecule has 0 heterocycles. The maximum atomic E-state index is 12.6. The number of nitrogens with one attached hydrogen (secondary N) is 1. The van der Waals surface area contributed by atoms with E-state index in [2.05, 4.69) is 11.4 Å². The van der Waals surface area contributed by atoms with Crippen LogP contribution >= 0.6 is 0 Å². The summed E-state index contributed by atoms with van der Waals surface area (Å²) in [6.45, 7) is 5.64. The average Bonchev–Trinajstić information content (AvgIpc) is 2.86. The molecule has 222 valence electrons. The molecule has 10 nitrogen and oxygen atoms in total. The highest BCUT2D eigenvalue weighted by molar-refractivity contribution is 6.20. The highest BCUT2D eigenvalue weighted by Crippen LogP contribution is 2.59. The van der Waals surface area contributed by atoms with Crippen molar-refractivity contribution in [2.75, 3.05) is 0 Å². The van der Waals surface area contributed by atoms with Crippen molar-refractivity contribution < 1.29 is 39.9 Å². The fraction of sp³-hybridized carbons (Fsp3) is 0.767. The summed E-state index contributed by atoms with van der Waals surface area (Å²) in [7, 11) is 0. The predicted molar refractivity (Wildman–Crippen MR) is 144 cm³/mol. The number of hydrogen-bond donors (Lipinski definition) is 7. The Kier molecular flexibility index (Phi) is 7.47. The Morgan fingerprint density at radius 2 is 1.73 bits per heavy atom. The number of nitrogens with two attached hydrogens (primary N) is 1. The number of carbonyl (C=O) groups excluding carboxylic acids is 3. The Balaban J connectivity index is 1.38. The van der Waals surface area contributed by atoms with Crippen molar-refractivity contribution in [2.24, 2.45) is 52.6 Å². The van der Waals surface area contributed by atoms with Gasteiger partial charge in [-0.2, -0.15) is 0 Å². The topological polar surface area (TPSA) is 190 Å². The van der Waals surface area contributed by atoms with Gasteiger partial charge in [-0.05, 0) is 68.6 Å². The summed E-state index contributed by atoms with van der Waals surface area (Å²) in [5.74, 6) is -4.60. The van der Waals surface area contributed by atoms with Gasteiger partial charge < -0.3 is 36.6 Å². The van der Waals surface area contributed by atoms with Gasteiger partial charge in [0.25, 0.3) is 5.91 Å². The van der Waals surface area contributed by atoms with Crippen molar-refractivity contribution in [3.05, 3.63) is 23.1 Å². The van der Waals surface area contributed by atoms with Gasteiger partial charge in [0.15, 0.2) is 11.4 Å². The van der Waals surface area contributed by atoms with Gasteiger partial charge in [-0.25, -0.2) is 0 Å². The number of ketones is 1. The zero-order valence-corrected chi connectivity index (χ0v) is 23.5. The number of primary amides is 1. The summed E-state index contributed by atoms with van der Waals surface area (Å²) >= 11 is 0. The lowest BCUT2D eigenvalue weighted by molar-refractivity contribution is -0.233. The first kappa shape index (κ1) is 29.2. The molecule has 8 N–H and O–H groups in total. The smallest absolute Gasteiger partial charge is 0.255 e. The minimum Gasteiger partial charge on any atom is -0.508 e. The zero-order valence-electron chi connectivity index (χ0n) is 23.5. The molecule has 3 saturated carbocycles. The summed E-state index contributed by atoms with van der Waals surface area (Å²) in [4.78, 5) is 36.9. The van der Waals surface area contributed by atoms with Crippen molar-refractivity contribution >= 4 is 17.6 Å². The van der Waals surface area contributed by atoms with Crippen LogP contribution in [0.15, 0.2) is 23.1 Å². The van der Waals surface area contributed by atoms with Crippen LogP contribution in [0.5, 0.6) is 0 Å². The number of aliphatic hydroxyl groups excluding tert-OH is 4. The number of hydrogen-bond acceptors (Lipinski definition) is 8. The van der Waals surface area contributed by atoms with Gasteiger partial charge in [0.1, 0.15) is 11.3 Å². The molecule has 0 aliphatic heterocycles. The van der Waals surface area contributed by atoms with E-state index in [0.29, 0.717) is 18.8 Å². The molecule has 3 fully saturated rings. The molecule has 8 unspecified atom stereocenters. The molecule has 0 aromatic heterocycles. The van der Waals surface area contributed by atoms with E-state index >= 15 is 0 Å². The Labute approximate surface area is 234 Å². The molecule has 10 heteroatoms. The van der Waals surface area contributed by atoms with Gasteiger partial charge in [0.2, 0.25) is 5.91 Å². The number of amides is 2. The maximum absolute atomic E-state index is 12.6. The fourth-order valence-electron chi connectivity index (χ4n) is 8.73. The minimum absolute atomic E-state index is 0.00730. The molecule has 11 atom stereocenters. The molecular weight excluding hydrogens is 516 g/mol. The maximum Gasteiger partial charge on any atom is 0.255 e. The highest BCUT2D eigenvalue weighted by Gasteiger charge is 2.65. The molecule has 5 aliphatic rings. The van der Waals surface area contributed by atoms with Crippen LogP contribution in [0.3, 0.4) is 0 Å². The van der Waals surface area contributed by atoms with Crippen molar-refractivity contribution in [3.8, 4) is 0 Å². The normalized spacial score (nSPS) is 43.7. The Morgan fingerprint density at radius 1 is 1.02 bits per heavy atom. The molecule has 0 aromatic rings. The molecule has 5 aliphatic carbocycles. The van der Waals surface area contributed by atoms with E-state index in [-0.39, 0.29) is 36.5 Å². The van der Waals surface area contributed by atoms with Crippen molar-refractivity contribution in [1.29, 1.82) is 0 Å². The van der Waals surface area contributed by atoms with Crippen molar-refractivity contribution in [1.82, 2.24) is 5.32 Å². The van der Waals surface area contributed by atoms with Crippen LogP contribution < -0.4 is 11.1 Å². The SMILES string of the molecule is CC(C)(C)C(=O)NC1=CCC(C2CCC(O)C3C(O)C4C(O)[C@]5(O)C(O)=C(C(N)=O)C(=O)C[C@@H]5C[C@@H]4CC23)CC1. The fourth-order valence-corrected chi connectivity index (χ4v) is 8.73. The second-order valence-electron chi connectivity index (χ2n) is 14.0. The summed E-state index contributed by atoms with van der Waals surface area (Å²) in [6.07, 6.45) is 3.01. The van der Waals surface area contributed by atoms with E-state index in [1.54, 1.807) is 0 Å². The Hall–Kier alpha value is -2.27. The quantitative estimate of drug-likeness (QED) is 0.251. The molecule has 2 amide bonds. The third-order valence-corrected chi connectivity index (χ3v) is 10.8. The predicted octanol–water partition coefficient (Wildman–Crippen LogP) is 1.22. The molecule has 0 aromatic carbocycles. The van der Waals surface area contributed by atoms with Gasteiger partial charge in [0.05, 0.1) is 18.3 Å². The Bertz CT molecular complexity index is 1140. The molecule has 0 radical (unpaired) electrons. The summed E-state index contributed by atoms with van der Waals surface area (Å²) < 4.78 is 0. The van der Waals surface area contributed by atoms with Gasteiger partial charge in [0, 0.05) is 35.3 Å². The summed E-state index contributed by atoms with van der Waals surface area (Å²) in [5.41, 5.74) is 2.79. The number of fused-ring (bicyclic) bond motifs is 3. The van der Waals surface area contributed by atoms with E-state index in [1.165, 1.54) is 0 Å². The first-order valence-corrected chi connectivity index (χ1v) is 14.7. The number of rotatable bonds is 3. The van der Waals surface area contributed by atoms with Crippen LogP contribution in [0.2, 0.25) is 0 Å². The molecule has 0 bridgehead atoms. The van der Waals surface area contributed by atoms with Gasteiger partial charge >= 0.3 is 0 Å². The van der Waals surface area contributed by atoms with Gasteiger partial charge in [-0.1, -0.05) is 26.8 Å². The molecular formula is C30H44N2O8. The zero-order chi connectivity index (χ0) is 29.3.